The third-order valence-corrected chi connectivity index (χ3v) is 4.73. The first-order valence-electron chi connectivity index (χ1n) is 8.61. The number of hydrazine groups is 1. The molecule has 3 rings (SSSR count). The molecule has 0 bridgehead atoms. The summed E-state index contributed by atoms with van der Waals surface area (Å²) in [5.41, 5.74) is 2.62. The average Bonchev–Trinajstić information content (AvgIpc) is 2.85. The van der Waals surface area contributed by atoms with Gasteiger partial charge in [-0.25, -0.2) is 9.59 Å². The van der Waals surface area contributed by atoms with Crippen molar-refractivity contribution in [2.75, 3.05) is 6.61 Å². The van der Waals surface area contributed by atoms with Crippen molar-refractivity contribution in [2.45, 2.75) is 44.6 Å². The fourth-order valence-electron chi connectivity index (χ4n) is 3.28. The van der Waals surface area contributed by atoms with Crippen LogP contribution in [0.25, 0.3) is 0 Å². The van der Waals surface area contributed by atoms with E-state index in [1.54, 1.807) is 24.3 Å². The Balaban J connectivity index is 1.54. The molecular weight excluding hydrogens is 338 g/mol. The molecule has 4 amide bonds. The summed E-state index contributed by atoms with van der Waals surface area (Å²) in [4.78, 5) is 48.5. The Morgan fingerprint density at radius 1 is 1.15 bits per heavy atom. The Labute approximate surface area is 150 Å². The highest BCUT2D eigenvalue weighted by atomic mass is 16.5. The van der Waals surface area contributed by atoms with Gasteiger partial charge in [0.25, 0.3) is 11.8 Å². The van der Waals surface area contributed by atoms with E-state index in [0.717, 1.165) is 24.8 Å². The van der Waals surface area contributed by atoms with Crippen LogP contribution < -0.4 is 10.7 Å². The Kier molecular flexibility index (Phi) is 4.92. The van der Waals surface area contributed by atoms with Gasteiger partial charge in [0.1, 0.15) is 5.54 Å². The molecule has 1 aromatic rings. The van der Waals surface area contributed by atoms with E-state index in [0.29, 0.717) is 23.4 Å². The monoisotopic (exact) mass is 359 g/mol. The van der Waals surface area contributed by atoms with Crippen LogP contribution in [0.1, 0.15) is 48.0 Å². The van der Waals surface area contributed by atoms with Crippen LogP contribution in [0.15, 0.2) is 24.3 Å². The van der Waals surface area contributed by atoms with Gasteiger partial charge in [0, 0.05) is 0 Å². The molecule has 1 saturated carbocycles. The zero-order valence-electron chi connectivity index (χ0n) is 14.5. The van der Waals surface area contributed by atoms with Crippen molar-refractivity contribution in [1.29, 1.82) is 0 Å². The maximum absolute atomic E-state index is 12.5. The highest BCUT2D eigenvalue weighted by molar-refractivity contribution is 6.08. The number of nitrogens with zero attached hydrogens (tertiary/aromatic N) is 1. The lowest BCUT2D eigenvalue weighted by Gasteiger charge is -2.30. The number of amides is 4. The first-order chi connectivity index (χ1) is 12.4. The smallest absolute Gasteiger partial charge is 0.344 e. The topological polar surface area (TPSA) is 105 Å². The SMILES string of the molecule is Cc1ccc(C(=O)OCC(=O)NN2C(=O)NC3(CCCCC3)C2=O)cc1. The molecule has 1 aliphatic heterocycles. The first-order valence-corrected chi connectivity index (χ1v) is 8.61. The molecule has 1 aliphatic carbocycles. The van der Waals surface area contributed by atoms with Crippen molar-refractivity contribution in [2.24, 2.45) is 0 Å². The zero-order valence-corrected chi connectivity index (χ0v) is 14.5. The van der Waals surface area contributed by atoms with Crippen LogP contribution in [0.4, 0.5) is 4.79 Å². The zero-order chi connectivity index (χ0) is 18.7. The van der Waals surface area contributed by atoms with Crippen molar-refractivity contribution in [3.8, 4) is 0 Å². The summed E-state index contributed by atoms with van der Waals surface area (Å²) in [6.45, 7) is 1.30. The molecule has 1 aromatic carbocycles. The molecule has 2 fully saturated rings. The van der Waals surface area contributed by atoms with E-state index >= 15 is 0 Å². The van der Waals surface area contributed by atoms with Crippen LogP contribution in [0.3, 0.4) is 0 Å². The minimum atomic E-state index is -0.915. The first kappa shape index (κ1) is 17.9. The van der Waals surface area contributed by atoms with Crippen molar-refractivity contribution in [3.63, 3.8) is 0 Å². The molecule has 26 heavy (non-hydrogen) atoms. The van der Waals surface area contributed by atoms with Crippen LogP contribution in [-0.4, -0.2) is 41.0 Å². The van der Waals surface area contributed by atoms with Crippen molar-refractivity contribution in [3.05, 3.63) is 35.4 Å². The van der Waals surface area contributed by atoms with E-state index < -0.39 is 36.0 Å². The van der Waals surface area contributed by atoms with Gasteiger partial charge in [-0.1, -0.05) is 37.0 Å². The number of ether oxygens (including phenoxy) is 1. The number of esters is 1. The second kappa shape index (κ2) is 7.15. The summed E-state index contributed by atoms with van der Waals surface area (Å²) < 4.78 is 4.93. The minimum Gasteiger partial charge on any atom is -0.452 e. The summed E-state index contributed by atoms with van der Waals surface area (Å²) >= 11 is 0. The summed E-state index contributed by atoms with van der Waals surface area (Å²) in [5.74, 6) is -1.86. The van der Waals surface area contributed by atoms with E-state index in [9.17, 15) is 19.2 Å². The number of nitrogens with one attached hydrogen (secondary N) is 2. The van der Waals surface area contributed by atoms with Gasteiger partial charge >= 0.3 is 12.0 Å². The van der Waals surface area contributed by atoms with Gasteiger partial charge in [0.15, 0.2) is 6.61 Å². The van der Waals surface area contributed by atoms with E-state index in [2.05, 4.69) is 10.7 Å². The molecule has 8 heteroatoms. The summed E-state index contributed by atoms with van der Waals surface area (Å²) in [6.07, 6.45) is 3.84. The summed E-state index contributed by atoms with van der Waals surface area (Å²) in [5, 5.41) is 3.37. The number of urea groups is 1. The van der Waals surface area contributed by atoms with E-state index in [1.165, 1.54) is 0 Å². The lowest BCUT2D eigenvalue weighted by molar-refractivity contribution is -0.140. The van der Waals surface area contributed by atoms with Crippen LogP contribution in [-0.2, 0) is 14.3 Å². The fraction of sp³-hybridized carbons (Fsp3) is 0.444. The summed E-state index contributed by atoms with van der Waals surface area (Å²) in [6, 6.07) is 6.05. The van der Waals surface area contributed by atoms with Gasteiger partial charge in [0.05, 0.1) is 5.56 Å². The largest absolute Gasteiger partial charge is 0.452 e. The normalized spacial score (nSPS) is 18.6. The van der Waals surface area contributed by atoms with Crippen molar-refractivity contribution >= 4 is 23.8 Å². The summed E-state index contributed by atoms with van der Waals surface area (Å²) in [7, 11) is 0. The minimum absolute atomic E-state index is 0.319. The van der Waals surface area contributed by atoms with Gasteiger partial charge in [-0.05, 0) is 31.9 Å². The number of carbonyl (C=O) groups is 4. The number of benzene rings is 1. The molecule has 1 spiro atoms. The Bertz CT molecular complexity index is 738. The molecule has 0 unspecified atom stereocenters. The molecule has 0 aromatic heterocycles. The third-order valence-electron chi connectivity index (χ3n) is 4.73. The number of imide groups is 1. The fourth-order valence-corrected chi connectivity index (χ4v) is 3.28. The maximum atomic E-state index is 12.5. The molecule has 138 valence electrons. The Morgan fingerprint density at radius 2 is 1.81 bits per heavy atom. The molecule has 0 atom stereocenters. The van der Waals surface area contributed by atoms with Crippen LogP contribution in [0, 0.1) is 6.92 Å². The number of carbonyl (C=O) groups excluding carboxylic acids is 4. The lowest BCUT2D eigenvalue weighted by atomic mass is 9.82. The molecule has 1 heterocycles. The Morgan fingerprint density at radius 3 is 2.46 bits per heavy atom. The van der Waals surface area contributed by atoms with E-state index in [4.69, 9.17) is 4.74 Å². The predicted octanol–water partition coefficient (Wildman–Crippen LogP) is 1.44. The van der Waals surface area contributed by atoms with Crippen LogP contribution in [0.2, 0.25) is 0 Å². The highest BCUT2D eigenvalue weighted by Gasteiger charge is 2.52. The molecule has 2 N–H and O–H groups in total. The third kappa shape index (κ3) is 3.54. The van der Waals surface area contributed by atoms with Gasteiger partial charge in [-0.3, -0.25) is 15.0 Å². The second-order valence-corrected chi connectivity index (χ2v) is 6.69. The maximum Gasteiger partial charge on any atom is 0.344 e. The van der Waals surface area contributed by atoms with Crippen LogP contribution >= 0.6 is 0 Å². The van der Waals surface area contributed by atoms with Crippen molar-refractivity contribution < 1.29 is 23.9 Å². The molecule has 1 saturated heterocycles. The van der Waals surface area contributed by atoms with E-state index in [-0.39, 0.29) is 0 Å². The van der Waals surface area contributed by atoms with Gasteiger partial charge in [0.2, 0.25) is 0 Å². The molecular formula is C18H21N3O5. The Hall–Kier alpha value is -2.90. The average molecular weight is 359 g/mol. The number of hydrogen-bond donors (Lipinski definition) is 2. The molecule has 0 radical (unpaired) electrons. The lowest BCUT2D eigenvalue weighted by Crippen LogP contribution is -2.51. The van der Waals surface area contributed by atoms with Gasteiger partial charge in [-0.15, -0.1) is 0 Å². The quantitative estimate of drug-likeness (QED) is 0.625. The van der Waals surface area contributed by atoms with Crippen LogP contribution in [0.5, 0.6) is 0 Å². The highest BCUT2D eigenvalue weighted by Crippen LogP contribution is 2.32. The van der Waals surface area contributed by atoms with Gasteiger partial charge in [-0.2, -0.15) is 5.01 Å². The van der Waals surface area contributed by atoms with Gasteiger partial charge < -0.3 is 10.1 Å². The number of hydrogen-bond acceptors (Lipinski definition) is 5. The van der Waals surface area contributed by atoms with E-state index in [1.807, 2.05) is 6.92 Å². The molecule has 2 aliphatic rings. The predicted molar refractivity (Wildman–Crippen MR) is 90.8 cm³/mol. The number of aryl methyl sites for hydroxylation is 1. The van der Waals surface area contributed by atoms with Crippen molar-refractivity contribution in [1.82, 2.24) is 15.8 Å². The second-order valence-electron chi connectivity index (χ2n) is 6.69. The standard InChI is InChI=1S/C18H21N3O5/c1-12-5-7-13(8-6-12)15(23)26-11-14(22)20-21-16(24)18(19-17(21)25)9-3-2-4-10-18/h5-8H,2-4,9-11H2,1H3,(H,19,25)(H,20,22). The number of rotatable bonds is 4. The molecule has 8 nitrogen and oxygen atoms in total.